The molecule has 3 rings (SSSR count). The number of ether oxygens (including phenoxy) is 1. The summed E-state index contributed by atoms with van der Waals surface area (Å²) in [5.74, 6) is 1.49. The second kappa shape index (κ2) is 4.94. The van der Waals surface area contributed by atoms with E-state index in [1.165, 1.54) is 12.1 Å². The predicted octanol–water partition coefficient (Wildman–Crippen LogP) is 2.73. The third-order valence-corrected chi connectivity index (χ3v) is 3.14. The molecule has 2 heterocycles. The molecular weight excluding hydrogens is 272 g/mol. The highest BCUT2D eigenvalue weighted by Crippen LogP contribution is 2.23. The molecular formula is C16H12O5. The maximum Gasteiger partial charge on any atom is 0.351 e. The standard InChI is InChI=1S/C16H12O5/c1-9-7-14-15(16(18)20-9)12(17)8-13(21-14)10-3-5-11(19-2)6-4-10/h3-8H,1-2H3. The molecule has 1 aromatic carbocycles. The summed E-state index contributed by atoms with van der Waals surface area (Å²) in [7, 11) is 1.58. The van der Waals surface area contributed by atoms with E-state index < -0.39 is 11.1 Å². The number of rotatable bonds is 2. The average Bonchev–Trinajstić information content (AvgIpc) is 2.46. The van der Waals surface area contributed by atoms with Crippen LogP contribution in [0.4, 0.5) is 0 Å². The Kier molecular flexibility index (Phi) is 3.10. The van der Waals surface area contributed by atoms with Gasteiger partial charge in [0.25, 0.3) is 0 Å². The van der Waals surface area contributed by atoms with Crippen molar-refractivity contribution in [2.45, 2.75) is 6.92 Å². The zero-order chi connectivity index (χ0) is 15.0. The van der Waals surface area contributed by atoms with Gasteiger partial charge in [0, 0.05) is 17.7 Å². The Morgan fingerprint density at radius 2 is 1.71 bits per heavy atom. The summed E-state index contributed by atoms with van der Waals surface area (Å²) in [5, 5.41) is -0.0714. The van der Waals surface area contributed by atoms with Crippen LogP contribution in [0.15, 0.2) is 54.8 Å². The van der Waals surface area contributed by atoms with Crippen LogP contribution in [0.3, 0.4) is 0 Å². The number of fused-ring (bicyclic) bond motifs is 1. The Labute approximate surface area is 119 Å². The Balaban J connectivity index is 2.24. The monoisotopic (exact) mass is 284 g/mol. The van der Waals surface area contributed by atoms with Gasteiger partial charge in [-0.05, 0) is 31.2 Å². The first-order chi connectivity index (χ1) is 10.1. The molecule has 0 aliphatic carbocycles. The van der Waals surface area contributed by atoms with Crippen molar-refractivity contribution in [1.82, 2.24) is 0 Å². The first kappa shape index (κ1) is 13.2. The minimum absolute atomic E-state index is 0.0714. The number of hydrogen-bond acceptors (Lipinski definition) is 5. The molecule has 5 nitrogen and oxygen atoms in total. The van der Waals surface area contributed by atoms with Gasteiger partial charge in [0.05, 0.1) is 7.11 Å². The van der Waals surface area contributed by atoms with Gasteiger partial charge in [-0.15, -0.1) is 0 Å². The van der Waals surface area contributed by atoms with E-state index >= 15 is 0 Å². The molecule has 0 spiro atoms. The maximum absolute atomic E-state index is 12.1. The van der Waals surface area contributed by atoms with Gasteiger partial charge in [0.2, 0.25) is 5.43 Å². The topological polar surface area (TPSA) is 69.7 Å². The zero-order valence-electron chi connectivity index (χ0n) is 11.5. The summed E-state index contributed by atoms with van der Waals surface area (Å²) < 4.78 is 15.7. The molecule has 0 saturated heterocycles. The summed E-state index contributed by atoms with van der Waals surface area (Å²) in [4.78, 5) is 23.8. The molecule has 0 fully saturated rings. The Hall–Kier alpha value is -2.82. The van der Waals surface area contributed by atoms with Gasteiger partial charge in [0.1, 0.15) is 22.9 Å². The van der Waals surface area contributed by atoms with Crippen LogP contribution in [-0.2, 0) is 0 Å². The van der Waals surface area contributed by atoms with E-state index in [2.05, 4.69) is 0 Å². The van der Waals surface area contributed by atoms with E-state index in [4.69, 9.17) is 13.6 Å². The van der Waals surface area contributed by atoms with Crippen LogP contribution in [0.5, 0.6) is 5.75 Å². The summed E-state index contributed by atoms with van der Waals surface area (Å²) in [5.41, 5.74) is -0.154. The van der Waals surface area contributed by atoms with Gasteiger partial charge >= 0.3 is 5.63 Å². The highest BCUT2D eigenvalue weighted by Gasteiger charge is 2.12. The summed E-state index contributed by atoms with van der Waals surface area (Å²) in [6.07, 6.45) is 0. The van der Waals surface area contributed by atoms with Crippen LogP contribution in [0.1, 0.15) is 5.76 Å². The number of hydrogen-bond donors (Lipinski definition) is 0. The lowest BCUT2D eigenvalue weighted by molar-refractivity contribution is 0.415. The van der Waals surface area contributed by atoms with Crippen LogP contribution < -0.4 is 15.8 Å². The van der Waals surface area contributed by atoms with E-state index in [1.54, 1.807) is 38.3 Å². The van der Waals surface area contributed by atoms with E-state index in [0.29, 0.717) is 17.3 Å². The van der Waals surface area contributed by atoms with Gasteiger partial charge in [-0.1, -0.05) is 0 Å². The molecule has 0 atom stereocenters. The SMILES string of the molecule is COc1ccc(-c2cc(=O)c3c(=O)oc(C)cc3o2)cc1. The van der Waals surface area contributed by atoms with Gasteiger partial charge in [-0.25, -0.2) is 4.79 Å². The van der Waals surface area contributed by atoms with Crippen molar-refractivity contribution in [2.24, 2.45) is 0 Å². The lowest BCUT2D eigenvalue weighted by atomic mass is 10.1. The van der Waals surface area contributed by atoms with Gasteiger partial charge in [0.15, 0.2) is 5.39 Å². The minimum Gasteiger partial charge on any atom is -0.497 e. The molecule has 0 bridgehead atoms. The molecule has 2 aromatic heterocycles. The second-order valence-corrected chi connectivity index (χ2v) is 4.59. The number of benzene rings is 1. The highest BCUT2D eigenvalue weighted by molar-refractivity contribution is 5.77. The molecule has 0 radical (unpaired) electrons. The average molecular weight is 284 g/mol. The van der Waals surface area contributed by atoms with E-state index in [-0.39, 0.29) is 11.0 Å². The maximum atomic E-state index is 12.1. The van der Waals surface area contributed by atoms with E-state index in [1.807, 2.05) is 0 Å². The molecule has 0 saturated carbocycles. The lowest BCUT2D eigenvalue weighted by Crippen LogP contribution is -2.12. The Morgan fingerprint density at radius 3 is 2.38 bits per heavy atom. The number of methoxy groups -OCH3 is 1. The summed E-state index contributed by atoms with van der Waals surface area (Å²) >= 11 is 0. The minimum atomic E-state index is -0.681. The third kappa shape index (κ3) is 2.33. The van der Waals surface area contributed by atoms with Crippen LogP contribution >= 0.6 is 0 Å². The van der Waals surface area contributed by atoms with Crippen LogP contribution in [0.25, 0.3) is 22.3 Å². The predicted molar refractivity (Wildman–Crippen MR) is 77.7 cm³/mol. The fourth-order valence-corrected chi connectivity index (χ4v) is 2.12. The molecule has 3 aromatic rings. The van der Waals surface area contributed by atoms with Crippen molar-refractivity contribution < 1.29 is 13.6 Å². The highest BCUT2D eigenvalue weighted by atomic mass is 16.5. The molecule has 5 heteroatoms. The smallest absolute Gasteiger partial charge is 0.351 e. The molecule has 0 aliphatic heterocycles. The summed E-state index contributed by atoms with van der Waals surface area (Å²) in [6, 6.07) is 9.91. The quantitative estimate of drug-likeness (QED) is 0.723. The molecule has 0 amide bonds. The van der Waals surface area contributed by atoms with Gasteiger partial charge in [-0.2, -0.15) is 0 Å². The number of aryl methyl sites for hydroxylation is 1. The van der Waals surface area contributed by atoms with Crippen molar-refractivity contribution in [3.63, 3.8) is 0 Å². The molecule has 21 heavy (non-hydrogen) atoms. The van der Waals surface area contributed by atoms with Gasteiger partial charge in [-0.3, -0.25) is 4.79 Å². The van der Waals surface area contributed by atoms with Crippen LogP contribution in [-0.4, -0.2) is 7.11 Å². The van der Waals surface area contributed by atoms with Crippen molar-refractivity contribution in [3.05, 3.63) is 62.8 Å². The first-order valence-electron chi connectivity index (χ1n) is 6.31. The van der Waals surface area contributed by atoms with Crippen molar-refractivity contribution >= 4 is 11.0 Å². The Morgan fingerprint density at radius 1 is 1.00 bits per heavy atom. The third-order valence-electron chi connectivity index (χ3n) is 3.14. The molecule has 0 N–H and O–H groups in total. The normalized spacial score (nSPS) is 10.8. The zero-order valence-corrected chi connectivity index (χ0v) is 11.5. The van der Waals surface area contributed by atoms with Crippen LogP contribution in [0.2, 0.25) is 0 Å². The second-order valence-electron chi connectivity index (χ2n) is 4.59. The van der Waals surface area contributed by atoms with E-state index in [9.17, 15) is 9.59 Å². The van der Waals surface area contributed by atoms with Crippen LogP contribution in [0, 0.1) is 6.92 Å². The largest absolute Gasteiger partial charge is 0.497 e. The van der Waals surface area contributed by atoms with Gasteiger partial charge < -0.3 is 13.6 Å². The van der Waals surface area contributed by atoms with Crippen molar-refractivity contribution in [1.29, 1.82) is 0 Å². The Bertz CT molecular complexity index is 916. The summed E-state index contributed by atoms with van der Waals surface area (Å²) in [6.45, 7) is 1.63. The fourth-order valence-electron chi connectivity index (χ4n) is 2.12. The van der Waals surface area contributed by atoms with Crippen molar-refractivity contribution in [2.75, 3.05) is 7.11 Å². The van der Waals surface area contributed by atoms with Crippen molar-refractivity contribution in [3.8, 4) is 17.1 Å². The first-order valence-corrected chi connectivity index (χ1v) is 6.31. The molecule has 106 valence electrons. The lowest BCUT2D eigenvalue weighted by Gasteiger charge is -2.04. The van der Waals surface area contributed by atoms with E-state index in [0.717, 1.165) is 5.56 Å². The fraction of sp³-hybridized carbons (Fsp3) is 0.125. The molecule has 0 aliphatic rings. The molecule has 0 unspecified atom stereocenters.